The van der Waals surface area contributed by atoms with Crippen molar-refractivity contribution in [2.75, 3.05) is 6.79 Å². The van der Waals surface area contributed by atoms with Crippen molar-refractivity contribution < 1.29 is 23.8 Å². The molecular formula is C27H27NO5. The molecule has 1 N–H and O–H groups in total. The molecule has 0 spiro atoms. The second-order valence-corrected chi connectivity index (χ2v) is 9.04. The Morgan fingerprint density at radius 2 is 1.82 bits per heavy atom. The number of carbonyl (C=O) groups excluding carboxylic acids is 2. The number of benzene rings is 2. The van der Waals surface area contributed by atoms with Crippen LogP contribution < -0.4 is 14.8 Å². The van der Waals surface area contributed by atoms with E-state index in [9.17, 15) is 9.59 Å². The fraction of sp³-hybridized carbons (Fsp3) is 0.333. The first-order valence-corrected chi connectivity index (χ1v) is 11.3. The number of fused-ring (bicyclic) bond motifs is 1. The second kappa shape index (κ2) is 8.43. The van der Waals surface area contributed by atoms with E-state index in [1.807, 2.05) is 50.2 Å². The molecule has 0 saturated carbocycles. The van der Waals surface area contributed by atoms with Crippen LogP contribution in [0.5, 0.6) is 11.5 Å². The third-order valence-corrected chi connectivity index (χ3v) is 6.47. The average Bonchev–Trinajstić information content (AvgIpc) is 3.26. The van der Waals surface area contributed by atoms with Crippen LogP contribution in [0.1, 0.15) is 49.7 Å². The Hall–Kier alpha value is -3.54. The van der Waals surface area contributed by atoms with Crippen LogP contribution in [-0.2, 0) is 14.3 Å². The number of ketones is 1. The van der Waals surface area contributed by atoms with Gasteiger partial charge in [0.2, 0.25) is 6.79 Å². The van der Waals surface area contributed by atoms with Gasteiger partial charge >= 0.3 is 5.97 Å². The summed E-state index contributed by atoms with van der Waals surface area (Å²) in [7, 11) is 0. The van der Waals surface area contributed by atoms with E-state index in [2.05, 4.69) is 24.0 Å². The monoisotopic (exact) mass is 445 g/mol. The molecule has 3 unspecified atom stereocenters. The lowest BCUT2D eigenvalue weighted by atomic mass is 9.69. The van der Waals surface area contributed by atoms with Crippen molar-refractivity contribution in [3.8, 4) is 11.5 Å². The largest absolute Gasteiger partial charge is 0.462 e. The summed E-state index contributed by atoms with van der Waals surface area (Å²) in [6.07, 6.45) is 0.795. The first kappa shape index (κ1) is 21.3. The Balaban J connectivity index is 1.59. The standard InChI is InChI=1S/C27H27NO5/c1-15(2)33-27(30)24-16(3)28-20-11-19(17-7-5-4-6-8-17)12-21(29)26(20)25(24)18-9-10-22-23(13-18)32-14-31-22/h4-10,13,15,19,24-25,28H,3,11-12,14H2,1-2H3. The zero-order valence-corrected chi connectivity index (χ0v) is 18.8. The van der Waals surface area contributed by atoms with Gasteiger partial charge in [0.25, 0.3) is 0 Å². The summed E-state index contributed by atoms with van der Waals surface area (Å²) in [5, 5.41) is 3.31. The topological polar surface area (TPSA) is 73.9 Å². The summed E-state index contributed by atoms with van der Waals surface area (Å²) in [6.45, 7) is 7.95. The highest BCUT2D eigenvalue weighted by Crippen LogP contribution is 2.48. The van der Waals surface area contributed by atoms with E-state index in [1.165, 1.54) is 0 Å². The van der Waals surface area contributed by atoms with Crippen molar-refractivity contribution in [1.29, 1.82) is 0 Å². The number of hydrogen-bond donors (Lipinski definition) is 1. The van der Waals surface area contributed by atoms with Gasteiger partial charge in [0.05, 0.1) is 6.10 Å². The Labute approximate surface area is 193 Å². The number of carbonyl (C=O) groups is 2. The lowest BCUT2D eigenvalue weighted by molar-refractivity contribution is -0.151. The Bertz CT molecular complexity index is 1150. The van der Waals surface area contributed by atoms with E-state index in [0.717, 1.165) is 16.8 Å². The van der Waals surface area contributed by atoms with E-state index in [-0.39, 0.29) is 24.6 Å². The van der Waals surface area contributed by atoms with Crippen LogP contribution >= 0.6 is 0 Å². The van der Waals surface area contributed by atoms with Crippen LogP contribution in [-0.4, -0.2) is 24.6 Å². The Morgan fingerprint density at radius 3 is 2.58 bits per heavy atom. The minimum Gasteiger partial charge on any atom is -0.462 e. The molecule has 2 aromatic rings. The molecule has 0 amide bonds. The third kappa shape index (κ3) is 3.90. The predicted octanol–water partition coefficient (Wildman–Crippen LogP) is 4.58. The van der Waals surface area contributed by atoms with Gasteiger partial charge in [-0.3, -0.25) is 9.59 Å². The molecule has 33 heavy (non-hydrogen) atoms. The van der Waals surface area contributed by atoms with Gasteiger partial charge in [0.1, 0.15) is 5.92 Å². The van der Waals surface area contributed by atoms with Crippen LogP contribution in [0.15, 0.2) is 72.1 Å². The van der Waals surface area contributed by atoms with Gasteiger partial charge in [-0.1, -0.05) is 43.0 Å². The number of ether oxygens (including phenoxy) is 3. The molecule has 3 aliphatic rings. The molecule has 5 rings (SSSR count). The van der Waals surface area contributed by atoms with E-state index in [0.29, 0.717) is 35.6 Å². The van der Waals surface area contributed by atoms with Crippen molar-refractivity contribution >= 4 is 11.8 Å². The van der Waals surface area contributed by atoms with Gasteiger partial charge in [-0.15, -0.1) is 0 Å². The number of allylic oxidation sites excluding steroid dienone is 2. The smallest absolute Gasteiger partial charge is 0.316 e. The lowest BCUT2D eigenvalue weighted by Gasteiger charge is -2.40. The molecule has 6 nitrogen and oxygen atoms in total. The molecule has 2 aliphatic heterocycles. The normalized spacial score (nSPS) is 23.9. The van der Waals surface area contributed by atoms with Crippen LogP contribution in [0, 0.1) is 5.92 Å². The van der Waals surface area contributed by atoms with Gasteiger partial charge in [-0.2, -0.15) is 0 Å². The van der Waals surface area contributed by atoms with Crippen LogP contribution in [0.3, 0.4) is 0 Å². The highest BCUT2D eigenvalue weighted by molar-refractivity contribution is 6.01. The zero-order valence-electron chi connectivity index (χ0n) is 18.8. The van der Waals surface area contributed by atoms with Crippen molar-refractivity contribution in [2.45, 2.75) is 44.6 Å². The highest BCUT2D eigenvalue weighted by atomic mass is 16.7. The Morgan fingerprint density at radius 1 is 1.06 bits per heavy atom. The summed E-state index contributed by atoms with van der Waals surface area (Å²) in [6, 6.07) is 15.6. The van der Waals surface area contributed by atoms with E-state index in [1.54, 1.807) is 0 Å². The molecule has 0 radical (unpaired) electrons. The summed E-state index contributed by atoms with van der Waals surface area (Å²) in [5.74, 6) is -0.233. The number of esters is 1. The van der Waals surface area contributed by atoms with Gasteiger partial charge in [0, 0.05) is 29.3 Å². The van der Waals surface area contributed by atoms with E-state index in [4.69, 9.17) is 14.2 Å². The van der Waals surface area contributed by atoms with Crippen molar-refractivity contribution in [3.63, 3.8) is 0 Å². The molecule has 0 aromatic heterocycles. The molecule has 0 fully saturated rings. The highest BCUT2D eigenvalue weighted by Gasteiger charge is 2.46. The molecular weight excluding hydrogens is 418 g/mol. The summed E-state index contributed by atoms with van der Waals surface area (Å²) in [5.41, 5.74) is 3.96. The fourth-order valence-electron chi connectivity index (χ4n) is 5.06. The summed E-state index contributed by atoms with van der Waals surface area (Å²) < 4.78 is 16.6. The van der Waals surface area contributed by atoms with Crippen LogP contribution in [0.25, 0.3) is 0 Å². The first-order chi connectivity index (χ1) is 15.9. The predicted molar refractivity (Wildman–Crippen MR) is 123 cm³/mol. The number of Topliss-reactive ketones (excluding diaryl/α,β-unsaturated/α-hetero) is 1. The van der Waals surface area contributed by atoms with Gasteiger partial charge < -0.3 is 19.5 Å². The third-order valence-electron chi connectivity index (χ3n) is 6.47. The summed E-state index contributed by atoms with van der Waals surface area (Å²) >= 11 is 0. The van der Waals surface area contributed by atoms with Crippen LogP contribution in [0.4, 0.5) is 0 Å². The molecule has 2 aromatic carbocycles. The van der Waals surface area contributed by atoms with E-state index < -0.39 is 17.8 Å². The van der Waals surface area contributed by atoms with Crippen molar-refractivity contribution in [1.82, 2.24) is 5.32 Å². The van der Waals surface area contributed by atoms with Gasteiger partial charge in [-0.25, -0.2) is 0 Å². The first-order valence-electron chi connectivity index (χ1n) is 11.3. The maximum absolute atomic E-state index is 13.6. The number of nitrogens with one attached hydrogen (secondary N) is 1. The van der Waals surface area contributed by atoms with Gasteiger partial charge in [-0.05, 0) is 49.4 Å². The second-order valence-electron chi connectivity index (χ2n) is 9.04. The quantitative estimate of drug-likeness (QED) is 0.695. The molecule has 1 aliphatic carbocycles. The minimum absolute atomic E-state index is 0.0371. The number of rotatable bonds is 4. The lowest BCUT2D eigenvalue weighted by Crippen LogP contribution is -2.42. The maximum Gasteiger partial charge on any atom is 0.316 e. The molecule has 0 saturated heterocycles. The molecule has 0 bridgehead atoms. The van der Waals surface area contributed by atoms with Crippen molar-refractivity contribution in [3.05, 3.63) is 83.2 Å². The summed E-state index contributed by atoms with van der Waals surface area (Å²) in [4.78, 5) is 26.8. The molecule has 170 valence electrons. The molecule has 3 atom stereocenters. The molecule has 6 heteroatoms. The number of hydrogen-bond acceptors (Lipinski definition) is 6. The van der Waals surface area contributed by atoms with Gasteiger partial charge in [0.15, 0.2) is 17.3 Å². The van der Waals surface area contributed by atoms with Crippen LogP contribution in [0.2, 0.25) is 0 Å². The SMILES string of the molecule is C=C1NC2=C(C(=O)CC(c3ccccc3)C2)C(c2ccc3c(c2)OCO3)C1C(=O)OC(C)C. The maximum atomic E-state index is 13.6. The van der Waals surface area contributed by atoms with Crippen molar-refractivity contribution in [2.24, 2.45) is 5.92 Å². The minimum atomic E-state index is -0.719. The Kier molecular flexibility index (Phi) is 5.44. The zero-order chi connectivity index (χ0) is 23.1. The average molecular weight is 446 g/mol. The fourth-order valence-corrected chi connectivity index (χ4v) is 5.06. The molecule has 2 heterocycles. The van der Waals surface area contributed by atoms with E-state index >= 15 is 0 Å².